The highest BCUT2D eigenvalue weighted by Gasteiger charge is 2.40. The summed E-state index contributed by atoms with van der Waals surface area (Å²) in [7, 11) is 0. The Morgan fingerprint density at radius 2 is 2.04 bits per heavy atom. The fourth-order valence-corrected chi connectivity index (χ4v) is 4.31. The summed E-state index contributed by atoms with van der Waals surface area (Å²) in [6.45, 7) is 0. The van der Waals surface area contributed by atoms with Gasteiger partial charge >= 0.3 is 5.97 Å². The van der Waals surface area contributed by atoms with Crippen LogP contribution in [0.4, 0.5) is 5.69 Å². The topological polar surface area (TPSA) is 49.3 Å². The number of benzene rings is 2. The predicted octanol–water partition coefficient (Wildman–Crippen LogP) is 5.52. The molecule has 122 valence electrons. The number of halogens is 2. The van der Waals surface area contributed by atoms with Crippen LogP contribution in [0.1, 0.15) is 39.9 Å². The number of rotatable bonds is 2. The number of anilines is 1. The Bertz CT molecular complexity index is 862. The second kappa shape index (κ2) is 5.83. The van der Waals surface area contributed by atoms with Crippen molar-refractivity contribution < 1.29 is 9.90 Å². The number of carbonyl (C=O) groups is 1. The molecule has 1 aliphatic heterocycles. The zero-order valence-electron chi connectivity index (χ0n) is 12.7. The molecule has 1 aliphatic carbocycles. The summed E-state index contributed by atoms with van der Waals surface area (Å²) >= 11 is 12.5. The molecule has 5 heteroatoms. The van der Waals surface area contributed by atoms with E-state index >= 15 is 0 Å². The van der Waals surface area contributed by atoms with Gasteiger partial charge in [0.05, 0.1) is 22.3 Å². The van der Waals surface area contributed by atoms with Crippen molar-refractivity contribution in [3.8, 4) is 0 Å². The highest BCUT2D eigenvalue weighted by molar-refractivity contribution is 6.33. The van der Waals surface area contributed by atoms with Gasteiger partial charge in [-0.15, -0.1) is 0 Å². The van der Waals surface area contributed by atoms with E-state index in [-0.39, 0.29) is 17.9 Å². The monoisotopic (exact) mass is 359 g/mol. The summed E-state index contributed by atoms with van der Waals surface area (Å²) in [6, 6.07) is 11.0. The molecule has 3 nitrogen and oxygen atoms in total. The number of carboxylic acids is 1. The number of carboxylic acid groups (broad SMARTS) is 1. The lowest BCUT2D eigenvalue weighted by Gasteiger charge is -2.38. The first-order valence-electron chi connectivity index (χ1n) is 7.80. The molecule has 0 aromatic heterocycles. The smallest absolute Gasteiger partial charge is 0.336 e. The molecule has 0 spiro atoms. The van der Waals surface area contributed by atoms with Crippen molar-refractivity contribution >= 4 is 34.9 Å². The second-order valence-corrected chi connectivity index (χ2v) is 7.06. The number of fused-ring (bicyclic) bond motifs is 3. The van der Waals surface area contributed by atoms with Gasteiger partial charge < -0.3 is 10.4 Å². The Balaban J connectivity index is 1.88. The zero-order chi connectivity index (χ0) is 16.8. The normalized spacial score (nSPS) is 24.2. The molecule has 24 heavy (non-hydrogen) atoms. The van der Waals surface area contributed by atoms with Crippen LogP contribution in [0.2, 0.25) is 10.0 Å². The van der Waals surface area contributed by atoms with Crippen LogP contribution in [0.25, 0.3) is 0 Å². The molecule has 0 saturated heterocycles. The van der Waals surface area contributed by atoms with Gasteiger partial charge in [-0.05, 0) is 47.7 Å². The fourth-order valence-electron chi connectivity index (χ4n) is 3.89. The Kier molecular flexibility index (Phi) is 3.78. The molecule has 2 aromatic carbocycles. The quantitative estimate of drug-likeness (QED) is 0.694. The van der Waals surface area contributed by atoms with Crippen molar-refractivity contribution in [3.05, 3.63) is 75.3 Å². The van der Waals surface area contributed by atoms with Crippen molar-refractivity contribution in [2.45, 2.75) is 18.4 Å². The van der Waals surface area contributed by atoms with Crippen LogP contribution in [0, 0.1) is 5.92 Å². The van der Waals surface area contributed by atoms with Crippen molar-refractivity contribution in [2.24, 2.45) is 5.92 Å². The van der Waals surface area contributed by atoms with Crippen molar-refractivity contribution in [2.75, 3.05) is 5.32 Å². The maximum atomic E-state index is 11.7. The van der Waals surface area contributed by atoms with Crippen molar-refractivity contribution in [1.82, 2.24) is 0 Å². The molecular weight excluding hydrogens is 345 g/mol. The van der Waals surface area contributed by atoms with E-state index in [0.29, 0.717) is 21.3 Å². The van der Waals surface area contributed by atoms with Crippen LogP contribution >= 0.6 is 23.2 Å². The number of allylic oxidation sites excluding steroid dienone is 2. The van der Waals surface area contributed by atoms with E-state index in [1.54, 1.807) is 12.1 Å². The van der Waals surface area contributed by atoms with E-state index in [2.05, 4.69) is 17.5 Å². The molecule has 1 heterocycles. The third-order valence-corrected chi connectivity index (χ3v) is 5.46. The van der Waals surface area contributed by atoms with Gasteiger partial charge in [-0.25, -0.2) is 4.79 Å². The predicted molar refractivity (Wildman–Crippen MR) is 96.2 cm³/mol. The molecule has 0 bridgehead atoms. The average molecular weight is 360 g/mol. The van der Waals surface area contributed by atoms with E-state index in [9.17, 15) is 9.90 Å². The van der Waals surface area contributed by atoms with Crippen LogP contribution in [-0.4, -0.2) is 11.1 Å². The maximum absolute atomic E-state index is 11.7. The van der Waals surface area contributed by atoms with Gasteiger partial charge in [-0.1, -0.05) is 47.5 Å². The van der Waals surface area contributed by atoms with Gasteiger partial charge in [0.15, 0.2) is 0 Å². The van der Waals surface area contributed by atoms with Crippen LogP contribution in [0.5, 0.6) is 0 Å². The van der Waals surface area contributed by atoms with Crippen molar-refractivity contribution in [1.29, 1.82) is 0 Å². The molecule has 4 rings (SSSR count). The number of nitrogens with one attached hydrogen (secondary N) is 1. The van der Waals surface area contributed by atoms with Gasteiger partial charge in [0.2, 0.25) is 0 Å². The van der Waals surface area contributed by atoms with E-state index in [0.717, 1.165) is 17.5 Å². The van der Waals surface area contributed by atoms with E-state index < -0.39 is 5.97 Å². The SMILES string of the molecule is O=C(O)c1ccc(Cl)c2c1[C@H]1C=CC[C@@H]1[C@H](c1cccc(Cl)c1)N2. The highest BCUT2D eigenvalue weighted by atomic mass is 35.5. The average Bonchev–Trinajstić information content (AvgIpc) is 3.04. The van der Waals surface area contributed by atoms with Crippen LogP contribution in [0.3, 0.4) is 0 Å². The van der Waals surface area contributed by atoms with Crippen molar-refractivity contribution in [3.63, 3.8) is 0 Å². The van der Waals surface area contributed by atoms with Gasteiger partial charge in [0.1, 0.15) is 0 Å². The maximum Gasteiger partial charge on any atom is 0.336 e. The van der Waals surface area contributed by atoms with Gasteiger partial charge in [-0.2, -0.15) is 0 Å². The summed E-state index contributed by atoms with van der Waals surface area (Å²) in [5.74, 6) is -0.646. The third-order valence-electron chi connectivity index (χ3n) is 4.91. The molecule has 2 aromatic rings. The molecule has 0 radical (unpaired) electrons. The van der Waals surface area contributed by atoms with Crippen LogP contribution in [-0.2, 0) is 0 Å². The molecule has 2 aliphatic rings. The Hall–Kier alpha value is -1.97. The third kappa shape index (κ3) is 2.40. The molecule has 0 unspecified atom stereocenters. The highest BCUT2D eigenvalue weighted by Crippen LogP contribution is 2.52. The number of hydrogen-bond acceptors (Lipinski definition) is 2. The minimum atomic E-state index is -0.926. The molecule has 0 saturated carbocycles. The van der Waals surface area contributed by atoms with Gasteiger partial charge in [0, 0.05) is 10.9 Å². The lowest BCUT2D eigenvalue weighted by atomic mass is 9.75. The van der Waals surface area contributed by atoms with E-state index in [1.807, 2.05) is 24.3 Å². The van der Waals surface area contributed by atoms with Gasteiger partial charge in [0.25, 0.3) is 0 Å². The first-order valence-corrected chi connectivity index (χ1v) is 8.56. The summed E-state index contributed by atoms with van der Waals surface area (Å²) < 4.78 is 0. The van der Waals surface area contributed by atoms with E-state index in [1.165, 1.54) is 0 Å². The first kappa shape index (κ1) is 15.6. The lowest BCUT2D eigenvalue weighted by molar-refractivity contribution is 0.0695. The second-order valence-electron chi connectivity index (χ2n) is 6.22. The summed E-state index contributed by atoms with van der Waals surface area (Å²) in [5.41, 5.74) is 2.90. The standard InChI is InChI=1S/C19H15Cl2NO2/c20-11-4-1-3-10(9-11)17-13-6-2-5-12(13)16-14(19(23)24)7-8-15(21)18(16)22-17/h1-5,7-9,12-13,17,22H,6H2,(H,23,24)/t12-,13-,17-/m0/s1. The summed E-state index contributed by atoms with van der Waals surface area (Å²) in [6.07, 6.45) is 5.11. The lowest BCUT2D eigenvalue weighted by Crippen LogP contribution is -2.30. The minimum Gasteiger partial charge on any atom is -0.478 e. The number of aromatic carboxylic acids is 1. The summed E-state index contributed by atoms with van der Waals surface area (Å²) in [5, 5.41) is 14.3. The largest absolute Gasteiger partial charge is 0.478 e. The van der Waals surface area contributed by atoms with Gasteiger partial charge in [-0.3, -0.25) is 0 Å². The first-order chi connectivity index (χ1) is 11.6. The Morgan fingerprint density at radius 1 is 1.21 bits per heavy atom. The Labute approximate surface area is 149 Å². The van der Waals surface area contributed by atoms with Crippen LogP contribution in [0.15, 0.2) is 48.6 Å². The molecule has 0 fully saturated rings. The van der Waals surface area contributed by atoms with E-state index in [4.69, 9.17) is 23.2 Å². The summed E-state index contributed by atoms with van der Waals surface area (Å²) in [4.78, 5) is 11.7. The van der Waals surface area contributed by atoms with Crippen LogP contribution < -0.4 is 5.32 Å². The fraction of sp³-hybridized carbons (Fsp3) is 0.211. The Morgan fingerprint density at radius 3 is 2.79 bits per heavy atom. The molecule has 2 N–H and O–H groups in total. The molecule has 3 atom stereocenters. The zero-order valence-corrected chi connectivity index (χ0v) is 14.2. The molecule has 0 amide bonds. The molecular formula is C19H15Cl2NO2. The minimum absolute atomic E-state index is 0.0371. The number of hydrogen-bond donors (Lipinski definition) is 2.